The molecule has 1 rings (SSSR count). The Kier molecular flexibility index (Phi) is 4.65. The van der Waals surface area contributed by atoms with Crippen molar-refractivity contribution >= 4 is 11.8 Å². The number of aromatic hydroxyl groups is 1. The van der Waals surface area contributed by atoms with Crippen LogP contribution in [-0.2, 0) is 4.74 Å². The number of rotatable bonds is 1. The summed E-state index contributed by atoms with van der Waals surface area (Å²) >= 11 is 0. The molecule has 0 aliphatic heterocycles. The van der Waals surface area contributed by atoms with Gasteiger partial charge in [-0.15, -0.1) is 0 Å². The van der Waals surface area contributed by atoms with Crippen LogP contribution in [0.15, 0.2) is 18.2 Å². The molecule has 0 unspecified atom stereocenters. The molecule has 0 atom stereocenters. The molecule has 1 aromatic rings. The van der Waals surface area contributed by atoms with Gasteiger partial charge in [0.15, 0.2) is 0 Å². The van der Waals surface area contributed by atoms with Crippen LogP contribution in [0.1, 0.15) is 26.3 Å². The first-order valence-corrected chi connectivity index (χ1v) is 5.82. The van der Waals surface area contributed by atoms with Crippen molar-refractivity contribution in [1.29, 1.82) is 0 Å². The van der Waals surface area contributed by atoms with Gasteiger partial charge in [0, 0.05) is 5.69 Å². The maximum absolute atomic E-state index is 11.3. The Bertz CT molecular complexity index is 522. The van der Waals surface area contributed by atoms with Crippen molar-refractivity contribution in [3.05, 3.63) is 23.8 Å². The largest absolute Gasteiger partial charge is 0.508 e. The molecule has 5 heteroatoms. The van der Waals surface area contributed by atoms with Gasteiger partial charge in [-0.25, -0.2) is 4.79 Å². The second-order valence-corrected chi connectivity index (χ2v) is 4.93. The Morgan fingerprint density at radius 1 is 1.47 bits per heavy atom. The van der Waals surface area contributed by atoms with Crippen molar-refractivity contribution in [3.8, 4) is 17.6 Å². The van der Waals surface area contributed by atoms with Crippen LogP contribution >= 0.6 is 0 Å². The van der Waals surface area contributed by atoms with E-state index >= 15 is 0 Å². The molecular weight excluding hydrogens is 244 g/mol. The van der Waals surface area contributed by atoms with Crippen molar-refractivity contribution in [2.75, 3.05) is 12.3 Å². The fourth-order valence-electron chi connectivity index (χ4n) is 1.22. The molecule has 102 valence electrons. The highest BCUT2D eigenvalue weighted by atomic mass is 16.6. The molecule has 0 fully saturated rings. The zero-order chi connectivity index (χ0) is 14.5. The summed E-state index contributed by atoms with van der Waals surface area (Å²) in [6.07, 6.45) is -0.523. The smallest absolute Gasteiger partial charge is 0.408 e. The highest BCUT2D eigenvalue weighted by molar-refractivity contribution is 5.68. The van der Waals surface area contributed by atoms with Crippen LogP contribution in [0.5, 0.6) is 5.75 Å². The zero-order valence-electron chi connectivity index (χ0n) is 11.3. The van der Waals surface area contributed by atoms with E-state index in [0.29, 0.717) is 11.3 Å². The molecule has 0 aromatic heterocycles. The Morgan fingerprint density at radius 3 is 2.79 bits per heavy atom. The molecule has 0 saturated heterocycles. The van der Waals surface area contributed by atoms with Gasteiger partial charge < -0.3 is 20.9 Å². The maximum atomic E-state index is 11.3. The minimum Gasteiger partial charge on any atom is -0.508 e. The van der Waals surface area contributed by atoms with E-state index < -0.39 is 11.7 Å². The first kappa shape index (κ1) is 14.7. The van der Waals surface area contributed by atoms with Crippen molar-refractivity contribution in [3.63, 3.8) is 0 Å². The Hall–Kier alpha value is -2.35. The normalized spacial score (nSPS) is 10.3. The number of amides is 1. The third-order valence-corrected chi connectivity index (χ3v) is 1.98. The van der Waals surface area contributed by atoms with Gasteiger partial charge in [-0.2, -0.15) is 0 Å². The Labute approximate surface area is 112 Å². The number of phenolic OH excluding ortho intramolecular Hbond substituents is 1. The Morgan fingerprint density at radius 2 is 2.16 bits per heavy atom. The average Bonchev–Trinajstić information content (AvgIpc) is 2.26. The van der Waals surface area contributed by atoms with Crippen molar-refractivity contribution in [2.45, 2.75) is 26.4 Å². The number of phenols is 1. The van der Waals surface area contributed by atoms with Gasteiger partial charge >= 0.3 is 6.09 Å². The molecule has 0 spiro atoms. The van der Waals surface area contributed by atoms with Gasteiger partial charge in [-0.1, -0.05) is 11.8 Å². The highest BCUT2D eigenvalue weighted by Gasteiger charge is 2.14. The SMILES string of the molecule is CC(C)(C)OC(=O)NCC#Cc1cc(O)ccc1N. The second kappa shape index (κ2) is 6.01. The number of hydrogen-bond acceptors (Lipinski definition) is 4. The number of carbonyl (C=O) groups excluding carboxylic acids is 1. The first-order valence-electron chi connectivity index (χ1n) is 5.82. The third kappa shape index (κ3) is 5.68. The first-order chi connectivity index (χ1) is 8.78. The monoisotopic (exact) mass is 262 g/mol. The number of alkyl carbamates (subject to hydrolysis) is 1. The van der Waals surface area contributed by atoms with Crippen molar-refractivity contribution < 1.29 is 14.6 Å². The van der Waals surface area contributed by atoms with Crippen molar-refractivity contribution in [2.24, 2.45) is 0 Å². The fraction of sp³-hybridized carbons (Fsp3) is 0.357. The summed E-state index contributed by atoms with van der Waals surface area (Å²) in [4.78, 5) is 11.3. The maximum Gasteiger partial charge on any atom is 0.408 e. The van der Waals surface area contributed by atoms with E-state index in [4.69, 9.17) is 10.5 Å². The number of nitrogens with one attached hydrogen (secondary N) is 1. The molecule has 0 heterocycles. The number of nitrogen functional groups attached to an aromatic ring is 1. The highest BCUT2D eigenvalue weighted by Crippen LogP contribution is 2.16. The summed E-state index contributed by atoms with van der Waals surface area (Å²) in [5, 5.41) is 11.8. The topological polar surface area (TPSA) is 84.6 Å². The molecule has 0 aliphatic rings. The van der Waals surface area contributed by atoms with E-state index in [1.807, 2.05) is 0 Å². The fourth-order valence-corrected chi connectivity index (χ4v) is 1.22. The van der Waals surface area contributed by atoms with Crippen LogP contribution in [0.3, 0.4) is 0 Å². The summed E-state index contributed by atoms with van der Waals surface area (Å²) < 4.78 is 5.05. The molecule has 4 N–H and O–H groups in total. The van der Waals surface area contributed by atoms with E-state index in [0.717, 1.165) is 0 Å². The number of nitrogens with two attached hydrogens (primary N) is 1. The van der Waals surface area contributed by atoms with E-state index in [2.05, 4.69) is 17.2 Å². The lowest BCUT2D eigenvalue weighted by Gasteiger charge is -2.19. The molecule has 0 radical (unpaired) electrons. The van der Waals surface area contributed by atoms with Gasteiger partial charge in [0.2, 0.25) is 0 Å². The van der Waals surface area contributed by atoms with Gasteiger partial charge in [0.1, 0.15) is 11.4 Å². The zero-order valence-corrected chi connectivity index (χ0v) is 11.3. The van der Waals surface area contributed by atoms with Crippen LogP contribution < -0.4 is 11.1 Å². The van der Waals surface area contributed by atoms with Crippen molar-refractivity contribution in [1.82, 2.24) is 5.32 Å². The summed E-state index contributed by atoms with van der Waals surface area (Å²) in [7, 11) is 0. The van der Waals surface area contributed by atoms with E-state index in [9.17, 15) is 9.90 Å². The molecule has 0 aliphatic carbocycles. The number of carbonyl (C=O) groups is 1. The average molecular weight is 262 g/mol. The van der Waals surface area contributed by atoms with Crippen LogP contribution in [0.25, 0.3) is 0 Å². The third-order valence-electron chi connectivity index (χ3n) is 1.98. The standard InChI is InChI=1S/C14H18N2O3/c1-14(2,3)19-13(18)16-8-4-5-10-9-11(17)6-7-12(10)15/h6-7,9,17H,8,15H2,1-3H3,(H,16,18). The number of ether oxygens (including phenoxy) is 1. The lowest BCUT2D eigenvalue weighted by Crippen LogP contribution is -2.32. The molecule has 1 aromatic carbocycles. The van der Waals surface area contributed by atoms with Crippen LogP contribution in [0, 0.1) is 11.8 Å². The minimum atomic E-state index is -0.535. The lowest BCUT2D eigenvalue weighted by molar-refractivity contribution is 0.0535. The lowest BCUT2D eigenvalue weighted by atomic mass is 10.2. The predicted molar refractivity (Wildman–Crippen MR) is 73.6 cm³/mol. The van der Waals surface area contributed by atoms with E-state index in [1.54, 1.807) is 26.8 Å². The summed E-state index contributed by atoms with van der Waals surface area (Å²) in [6.45, 7) is 5.49. The molecule has 0 bridgehead atoms. The number of hydrogen-bond donors (Lipinski definition) is 3. The number of benzene rings is 1. The summed E-state index contributed by atoms with van der Waals surface area (Å²) in [6, 6.07) is 4.52. The predicted octanol–water partition coefficient (Wildman–Crippen LogP) is 1.85. The molecule has 19 heavy (non-hydrogen) atoms. The second-order valence-electron chi connectivity index (χ2n) is 4.93. The van der Waals surface area contributed by atoms with Gasteiger partial charge in [-0.3, -0.25) is 0 Å². The Balaban J connectivity index is 2.52. The van der Waals surface area contributed by atoms with Gasteiger partial charge in [0.25, 0.3) is 0 Å². The molecular formula is C14H18N2O3. The summed E-state index contributed by atoms with van der Waals surface area (Å²) in [5.41, 5.74) is 6.15. The molecule has 0 saturated carbocycles. The van der Waals surface area contributed by atoms with Crippen LogP contribution in [0.2, 0.25) is 0 Å². The summed E-state index contributed by atoms with van der Waals surface area (Å²) in [5.74, 6) is 5.60. The van der Waals surface area contributed by atoms with Crippen LogP contribution in [0.4, 0.5) is 10.5 Å². The molecule has 5 nitrogen and oxygen atoms in total. The van der Waals surface area contributed by atoms with E-state index in [-0.39, 0.29) is 12.3 Å². The van der Waals surface area contributed by atoms with Gasteiger partial charge in [0.05, 0.1) is 12.1 Å². The quantitative estimate of drug-likeness (QED) is 0.409. The minimum absolute atomic E-state index is 0.0959. The van der Waals surface area contributed by atoms with Crippen LogP contribution in [-0.4, -0.2) is 23.3 Å². The molecule has 1 amide bonds. The number of anilines is 1. The van der Waals surface area contributed by atoms with E-state index in [1.165, 1.54) is 12.1 Å². The van der Waals surface area contributed by atoms with Gasteiger partial charge in [-0.05, 0) is 39.0 Å².